The zero-order valence-electron chi connectivity index (χ0n) is 12.3. The highest BCUT2D eigenvalue weighted by molar-refractivity contribution is 7.87. The lowest BCUT2D eigenvalue weighted by molar-refractivity contribution is 0.331. The van der Waals surface area contributed by atoms with Gasteiger partial charge in [-0.1, -0.05) is 0 Å². The SMILES string of the molecule is C[C@@H](Cn1cncn1)NS(=O)(=O)N1CCC[C@H]1c1ccco1. The van der Waals surface area contributed by atoms with Gasteiger partial charge in [0.1, 0.15) is 18.4 Å². The van der Waals surface area contributed by atoms with Crippen LogP contribution in [0, 0.1) is 0 Å². The molecule has 0 aliphatic carbocycles. The van der Waals surface area contributed by atoms with Crippen molar-refractivity contribution in [3.8, 4) is 0 Å². The average Bonchev–Trinajstić information content (AvgIpc) is 3.20. The van der Waals surface area contributed by atoms with Crippen LogP contribution in [-0.4, -0.2) is 40.1 Å². The van der Waals surface area contributed by atoms with E-state index in [-0.39, 0.29) is 12.1 Å². The predicted octanol–water partition coefficient (Wildman–Crippen LogP) is 0.931. The molecule has 1 aliphatic heterocycles. The molecule has 1 fully saturated rings. The van der Waals surface area contributed by atoms with Crippen LogP contribution >= 0.6 is 0 Å². The molecule has 120 valence electrons. The van der Waals surface area contributed by atoms with E-state index in [1.54, 1.807) is 30.3 Å². The number of nitrogens with zero attached hydrogens (tertiary/aromatic N) is 4. The number of hydrogen-bond donors (Lipinski definition) is 1. The highest BCUT2D eigenvalue weighted by Crippen LogP contribution is 2.33. The van der Waals surface area contributed by atoms with Crippen LogP contribution in [0.1, 0.15) is 31.6 Å². The first-order valence-corrected chi connectivity index (χ1v) is 8.65. The molecule has 1 saturated heterocycles. The largest absolute Gasteiger partial charge is 0.468 e. The Balaban J connectivity index is 1.69. The molecule has 0 amide bonds. The Morgan fingerprint density at radius 3 is 3.09 bits per heavy atom. The van der Waals surface area contributed by atoms with E-state index in [4.69, 9.17) is 4.42 Å². The summed E-state index contributed by atoms with van der Waals surface area (Å²) in [6.07, 6.45) is 6.15. The Morgan fingerprint density at radius 1 is 1.55 bits per heavy atom. The van der Waals surface area contributed by atoms with Gasteiger partial charge in [0.05, 0.1) is 18.8 Å². The van der Waals surface area contributed by atoms with Crippen molar-refractivity contribution in [3.05, 3.63) is 36.8 Å². The Labute approximate surface area is 129 Å². The van der Waals surface area contributed by atoms with Gasteiger partial charge in [-0.2, -0.15) is 22.5 Å². The van der Waals surface area contributed by atoms with E-state index < -0.39 is 10.2 Å². The number of rotatable bonds is 6. The molecular formula is C13H19N5O3S. The Morgan fingerprint density at radius 2 is 2.41 bits per heavy atom. The van der Waals surface area contributed by atoms with E-state index in [2.05, 4.69) is 14.8 Å². The molecule has 9 heteroatoms. The van der Waals surface area contributed by atoms with Crippen molar-refractivity contribution in [2.24, 2.45) is 0 Å². The zero-order chi connectivity index (χ0) is 15.6. The van der Waals surface area contributed by atoms with Crippen LogP contribution in [-0.2, 0) is 16.8 Å². The van der Waals surface area contributed by atoms with Gasteiger partial charge in [-0.25, -0.2) is 4.98 Å². The lowest BCUT2D eigenvalue weighted by atomic mass is 10.2. The van der Waals surface area contributed by atoms with Crippen molar-refractivity contribution in [3.63, 3.8) is 0 Å². The van der Waals surface area contributed by atoms with Gasteiger partial charge in [-0.15, -0.1) is 0 Å². The second-order valence-electron chi connectivity index (χ2n) is 5.43. The van der Waals surface area contributed by atoms with E-state index >= 15 is 0 Å². The van der Waals surface area contributed by atoms with Crippen molar-refractivity contribution in [1.29, 1.82) is 0 Å². The van der Waals surface area contributed by atoms with E-state index in [1.807, 2.05) is 6.07 Å². The summed E-state index contributed by atoms with van der Waals surface area (Å²) in [7, 11) is -3.58. The topological polar surface area (TPSA) is 93.3 Å². The number of furan rings is 1. The third kappa shape index (κ3) is 3.21. The second-order valence-corrected chi connectivity index (χ2v) is 7.08. The highest BCUT2D eigenvalue weighted by atomic mass is 32.2. The van der Waals surface area contributed by atoms with Gasteiger partial charge in [0.15, 0.2) is 0 Å². The van der Waals surface area contributed by atoms with Gasteiger partial charge in [-0.3, -0.25) is 4.68 Å². The monoisotopic (exact) mass is 325 g/mol. The fraction of sp³-hybridized carbons (Fsp3) is 0.538. The Bertz CT molecular complexity index is 683. The minimum Gasteiger partial charge on any atom is -0.468 e. The van der Waals surface area contributed by atoms with Gasteiger partial charge in [0.25, 0.3) is 10.2 Å². The summed E-state index contributed by atoms with van der Waals surface area (Å²) in [5, 5.41) is 3.98. The summed E-state index contributed by atoms with van der Waals surface area (Å²) in [5.74, 6) is 0.687. The minimum absolute atomic E-state index is 0.230. The maximum atomic E-state index is 12.6. The first-order valence-electron chi connectivity index (χ1n) is 7.21. The van der Waals surface area contributed by atoms with Crippen LogP contribution in [0.3, 0.4) is 0 Å². The van der Waals surface area contributed by atoms with Gasteiger partial charge >= 0.3 is 0 Å². The van der Waals surface area contributed by atoms with Gasteiger partial charge in [-0.05, 0) is 31.9 Å². The average molecular weight is 325 g/mol. The number of hydrogen-bond acceptors (Lipinski definition) is 5. The summed E-state index contributed by atoms with van der Waals surface area (Å²) in [5.41, 5.74) is 0. The molecular weight excluding hydrogens is 306 g/mol. The normalized spacial score (nSPS) is 21.2. The van der Waals surface area contributed by atoms with Crippen LogP contribution in [0.2, 0.25) is 0 Å². The summed E-state index contributed by atoms with van der Waals surface area (Å²) in [6.45, 7) is 2.73. The van der Waals surface area contributed by atoms with Crippen LogP contribution in [0.5, 0.6) is 0 Å². The second kappa shape index (κ2) is 6.19. The summed E-state index contributed by atoms with van der Waals surface area (Å²) < 4.78 is 36.4. The Kier molecular flexibility index (Phi) is 4.27. The van der Waals surface area contributed by atoms with Crippen molar-refractivity contribution in [2.75, 3.05) is 6.54 Å². The van der Waals surface area contributed by atoms with E-state index in [1.165, 1.54) is 10.6 Å². The fourth-order valence-electron chi connectivity index (χ4n) is 2.76. The van der Waals surface area contributed by atoms with Crippen LogP contribution < -0.4 is 4.72 Å². The lowest BCUT2D eigenvalue weighted by Crippen LogP contribution is -2.45. The number of aromatic nitrogens is 3. The van der Waals surface area contributed by atoms with E-state index in [9.17, 15) is 8.42 Å². The summed E-state index contributed by atoms with van der Waals surface area (Å²) in [4.78, 5) is 3.85. The molecule has 1 N–H and O–H groups in total. The number of nitrogens with one attached hydrogen (secondary N) is 1. The molecule has 0 bridgehead atoms. The van der Waals surface area contributed by atoms with Crippen LogP contribution in [0.4, 0.5) is 0 Å². The fourth-order valence-corrected chi connectivity index (χ4v) is 4.39. The molecule has 22 heavy (non-hydrogen) atoms. The third-order valence-electron chi connectivity index (χ3n) is 3.66. The molecule has 0 radical (unpaired) electrons. The standard InChI is InChI=1S/C13H19N5O3S/c1-11(8-17-10-14-9-15-17)16-22(19,20)18-6-2-4-12(18)13-5-3-7-21-13/h3,5,7,9-12,16H,2,4,6,8H2,1H3/t11-,12-/m0/s1. The molecule has 2 aromatic heterocycles. The van der Waals surface area contributed by atoms with Gasteiger partial charge in [0, 0.05) is 12.6 Å². The van der Waals surface area contributed by atoms with E-state index in [0.717, 1.165) is 12.8 Å². The summed E-state index contributed by atoms with van der Waals surface area (Å²) >= 11 is 0. The molecule has 1 aliphatic rings. The van der Waals surface area contributed by atoms with Crippen LogP contribution in [0.15, 0.2) is 35.5 Å². The molecule has 3 heterocycles. The zero-order valence-corrected chi connectivity index (χ0v) is 13.1. The lowest BCUT2D eigenvalue weighted by Gasteiger charge is -2.25. The maximum absolute atomic E-state index is 12.6. The molecule has 3 rings (SSSR count). The van der Waals surface area contributed by atoms with Crippen LogP contribution in [0.25, 0.3) is 0 Å². The molecule has 0 unspecified atom stereocenters. The molecule has 8 nitrogen and oxygen atoms in total. The highest BCUT2D eigenvalue weighted by Gasteiger charge is 2.37. The summed E-state index contributed by atoms with van der Waals surface area (Å²) in [6, 6.07) is 3.08. The third-order valence-corrected chi connectivity index (χ3v) is 5.42. The molecule has 0 spiro atoms. The van der Waals surface area contributed by atoms with Crippen molar-refractivity contribution < 1.29 is 12.8 Å². The minimum atomic E-state index is -3.58. The van der Waals surface area contributed by atoms with Gasteiger partial charge < -0.3 is 4.42 Å². The van der Waals surface area contributed by atoms with Crippen molar-refractivity contribution in [1.82, 2.24) is 23.8 Å². The first kappa shape index (κ1) is 15.2. The smallest absolute Gasteiger partial charge is 0.280 e. The maximum Gasteiger partial charge on any atom is 0.280 e. The van der Waals surface area contributed by atoms with Gasteiger partial charge in [0.2, 0.25) is 0 Å². The molecule has 0 saturated carbocycles. The Hall–Kier alpha value is -1.71. The van der Waals surface area contributed by atoms with Crippen molar-refractivity contribution in [2.45, 2.75) is 38.4 Å². The van der Waals surface area contributed by atoms with E-state index in [0.29, 0.717) is 18.8 Å². The molecule has 2 atom stereocenters. The first-order chi connectivity index (χ1) is 10.6. The quantitative estimate of drug-likeness (QED) is 0.853. The molecule has 2 aromatic rings. The van der Waals surface area contributed by atoms with Crippen molar-refractivity contribution >= 4 is 10.2 Å². The predicted molar refractivity (Wildman–Crippen MR) is 78.9 cm³/mol. The molecule has 0 aromatic carbocycles.